The zero-order chi connectivity index (χ0) is 13.7. The zero-order valence-electron chi connectivity index (χ0n) is 11.9. The van der Waals surface area contributed by atoms with E-state index >= 15 is 0 Å². The Morgan fingerprint density at radius 1 is 1.53 bits per heavy atom. The fourth-order valence-electron chi connectivity index (χ4n) is 2.76. The molecule has 2 unspecified atom stereocenters. The van der Waals surface area contributed by atoms with Crippen molar-refractivity contribution < 1.29 is 4.74 Å². The monoisotopic (exact) mass is 285 g/mol. The minimum atomic E-state index is 0.225. The van der Waals surface area contributed by atoms with E-state index in [1.807, 2.05) is 4.68 Å². The van der Waals surface area contributed by atoms with E-state index in [0.29, 0.717) is 6.10 Å². The molecule has 0 spiro atoms. The van der Waals surface area contributed by atoms with Crippen molar-refractivity contribution in [2.45, 2.75) is 58.2 Å². The molecule has 1 aromatic rings. The maximum atomic E-state index is 6.31. The average Bonchev–Trinajstić information content (AvgIpc) is 2.80. The highest BCUT2D eigenvalue weighted by molar-refractivity contribution is 6.31. The Hall–Kier alpha value is -0.580. The summed E-state index contributed by atoms with van der Waals surface area (Å²) in [4.78, 5) is 0. The predicted molar refractivity (Wildman–Crippen MR) is 77.5 cm³/mol. The van der Waals surface area contributed by atoms with Crippen molar-refractivity contribution in [1.82, 2.24) is 15.1 Å². The van der Waals surface area contributed by atoms with Crippen LogP contribution in [0.25, 0.3) is 0 Å². The van der Waals surface area contributed by atoms with Gasteiger partial charge >= 0.3 is 0 Å². The van der Waals surface area contributed by atoms with Crippen molar-refractivity contribution in [3.05, 3.63) is 16.9 Å². The highest BCUT2D eigenvalue weighted by Crippen LogP contribution is 2.29. The summed E-state index contributed by atoms with van der Waals surface area (Å²) in [7, 11) is 0. The topological polar surface area (TPSA) is 39.1 Å². The number of halogens is 1. The maximum absolute atomic E-state index is 6.31. The van der Waals surface area contributed by atoms with Gasteiger partial charge in [-0.25, -0.2) is 0 Å². The molecular weight excluding hydrogens is 262 g/mol. The number of aromatic nitrogens is 2. The molecule has 1 fully saturated rings. The van der Waals surface area contributed by atoms with Gasteiger partial charge in [0.1, 0.15) is 0 Å². The third kappa shape index (κ3) is 3.71. The number of hydrogen-bond acceptors (Lipinski definition) is 3. The van der Waals surface area contributed by atoms with Crippen molar-refractivity contribution in [2.24, 2.45) is 0 Å². The maximum Gasteiger partial charge on any atom is 0.0834 e. The van der Waals surface area contributed by atoms with Gasteiger partial charge in [-0.15, -0.1) is 0 Å². The van der Waals surface area contributed by atoms with Crippen molar-refractivity contribution >= 4 is 11.6 Å². The van der Waals surface area contributed by atoms with Crippen LogP contribution >= 0.6 is 11.6 Å². The van der Waals surface area contributed by atoms with Gasteiger partial charge in [0, 0.05) is 13.2 Å². The molecule has 4 nitrogen and oxygen atoms in total. The number of hydrogen-bond donors (Lipinski definition) is 1. The Labute approximate surface area is 120 Å². The Balaban J connectivity index is 2.11. The number of aryl methyl sites for hydroxylation is 1. The molecule has 2 atom stereocenters. The summed E-state index contributed by atoms with van der Waals surface area (Å²) in [6.45, 7) is 6.87. The minimum Gasteiger partial charge on any atom is -0.378 e. The van der Waals surface area contributed by atoms with E-state index < -0.39 is 0 Å². The second-order valence-electron chi connectivity index (χ2n) is 5.03. The Bertz CT molecular complexity index is 388. The van der Waals surface area contributed by atoms with E-state index in [-0.39, 0.29) is 6.04 Å². The van der Waals surface area contributed by atoms with Crippen LogP contribution in [0.4, 0.5) is 0 Å². The van der Waals surface area contributed by atoms with Gasteiger partial charge in [-0.3, -0.25) is 4.68 Å². The van der Waals surface area contributed by atoms with Gasteiger partial charge in [0.25, 0.3) is 0 Å². The molecule has 2 rings (SSSR count). The summed E-state index contributed by atoms with van der Waals surface area (Å²) in [6.07, 6.45) is 6.67. The van der Waals surface area contributed by atoms with E-state index in [4.69, 9.17) is 16.3 Å². The first-order valence-corrected chi connectivity index (χ1v) is 7.70. The van der Waals surface area contributed by atoms with Gasteiger partial charge < -0.3 is 10.1 Å². The lowest BCUT2D eigenvalue weighted by atomic mass is 9.99. The first kappa shape index (κ1) is 14.8. The number of nitrogens with zero attached hydrogens (tertiary/aromatic N) is 2. The second-order valence-corrected chi connectivity index (χ2v) is 5.44. The van der Waals surface area contributed by atoms with Crippen LogP contribution in [0.15, 0.2) is 6.20 Å². The van der Waals surface area contributed by atoms with Gasteiger partial charge in [0.05, 0.1) is 29.1 Å². The highest BCUT2D eigenvalue weighted by atomic mass is 35.5. The second kappa shape index (κ2) is 7.27. The molecule has 1 saturated heterocycles. The third-order valence-corrected chi connectivity index (χ3v) is 3.98. The van der Waals surface area contributed by atoms with Crippen LogP contribution < -0.4 is 5.32 Å². The molecule has 0 radical (unpaired) electrons. The fourth-order valence-corrected chi connectivity index (χ4v) is 3.04. The molecule has 1 N–H and O–H groups in total. The molecule has 1 aliphatic rings. The van der Waals surface area contributed by atoms with Crippen LogP contribution in [0.1, 0.15) is 51.3 Å². The molecule has 2 heterocycles. The van der Waals surface area contributed by atoms with E-state index in [9.17, 15) is 0 Å². The first-order chi connectivity index (χ1) is 9.26. The molecule has 0 amide bonds. The number of nitrogens with one attached hydrogen (secondary N) is 1. The van der Waals surface area contributed by atoms with Gasteiger partial charge in [0.15, 0.2) is 0 Å². The fraction of sp³-hybridized carbons (Fsp3) is 0.786. The van der Waals surface area contributed by atoms with Crippen molar-refractivity contribution in [2.75, 3.05) is 13.2 Å². The van der Waals surface area contributed by atoms with Crippen LogP contribution in [0.2, 0.25) is 5.02 Å². The minimum absolute atomic E-state index is 0.225. The first-order valence-electron chi connectivity index (χ1n) is 7.32. The van der Waals surface area contributed by atoms with E-state index in [1.54, 1.807) is 6.20 Å². The molecule has 1 aliphatic heterocycles. The highest BCUT2D eigenvalue weighted by Gasteiger charge is 2.24. The normalized spacial score (nSPS) is 21.5. The summed E-state index contributed by atoms with van der Waals surface area (Å²) in [5.74, 6) is 0. The molecule has 0 aliphatic carbocycles. The quantitative estimate of drug-likeness (QED) is 0.873. The molecule has 0 aromatic carbocycles. The molecule has 108 valence electrons. The number of ether oxygens (including phenoxy) is 1. The lowest BCUT2D eigenvalue weighted by Gasteiger charge is -2.28. The molecule has 5 heteroatoms. The van der Waals surface area contributed by atoms with Gasteiger partial charge in [0.2, 0.25) is 0 Å². The summed E-state index contributed by atoms with van der Waals surface area (Å²) < 4.78 is 7.84. The summed E-state index contributed by atoms with van der Waals surface area (Å²) in [5.41, 5.74) is 1.10. The molecule has 19 heavy (non-hydrogen) atoms. The third-order valence-electron chi connectivity index (χ3n) is 3.69. The van der Waals surface area contributed by atoms with Crippen LogP contribution in [0.3, 0.4) is 0 Å². The van der Waals surface area contributed by atoms with E-state index in [2.05, 4.69) is 24.3 Å². The molecule has 0 bridgehead atoms. The average molecular weight is 286 g/mol. The lowest BCUT2D eigenvalue weighted by Crippen LogP contribution is -2.30. The zero-order valence-corrected chi connectivity index (χ0v) is 12.6. The van der Waals surface area contributed by atoms with Crippen LogP contribution in [-0.4, -0.2) is 29.0 Å². The van der Waals surface area contributed by atoms with E-state index in [0.717, 1.165) is 43.3 Å². The lowest BCUT2D eigenvalue weighted by molar-refractivity contribution is 0.00463. The van der Waals surface area contributed by atoms with Crippen LogP contribution in [0.5, 0.6) is 0 Å². The molecule has 0 saturated carbocycles. The Morgan fingerprint density at radius 2 is 2.37 bits per heavy atom. The largest absolute Gasteiger partial charge is 0.378 e. The smallest absolute Gasteiger partial charge is 0.0834 e. The molecule has 1 aromatic heterocycles. The summed E-state index contributed by atoms with van der Waals surface area (Å²) in [5, 5.41) is 8.61. The van der Waals surface area contributed by atoms with Crippen LogP contribution in [-0.2, 0) is 11.3 Å². The van der Waals surface area contributed by atoms with E-state index in [1.165, 1.54) is 12.8 Å². The van der Waals surface area contributed by atoms with Crippen molar-refractivity contribution in [1.29, 1.82) is 0 Å². The van der Waals surface area contributed by atoms with Crippen molar-refractivity contribution in [3.8, 4) is 0 Å². The van der Waals surface area contributed by atoms with Gasteiger partial charge in [-0.05, 0) is 39.2 Å². The number of rotatable bonds is 6. The Kier molecular flexibility index (Phi) is 5.67. The predicted octanol–water partition coefficient (Wildman–Crippen LogP) is 3.17. The van der Waals surface area contributed by atoms with Gasteiger partial charge in [-0.2, -0.15) is 5.10 Å². The summed E-state index contributed by atoms with van der Waals surface area (Å²) in [6, 6.07) is 0.225. The summed E-state index contributed by atoms with van der Waals surface area (Å²) >= 11 is 6.31. The van der Waals surface area contributed by atoms with Crippen molar-refractivity contribution in [3.63, 3.8) is 0 Å². The SMILES string of the molecule is CCNC(CC1CCCCO1)c1c(Cl)cnn1CC. The standard InChI is InChI=1S/C14H24ClN3O/c1-3-16-13(9-11-7-5-6-8-19-11)14-12(15)10-17-18(14)4-2/h10-11,13,16H,3-9H2,1-2H3. The van der Waals surface area contributed by atoms with Gasteiger partial charge in [-0.1, -0.05) is 18.5 Å². The molecular formula is C14H24ClN3O. The van der Waals surface area contributed by atoms with Crippen LogP contribution in [0, 0.1) is 0 Å². The Morgan fingerprint density at radius 3 is 3.00 bits per heavy atom.